The highest BCUT2D eigenvalue weighted by molar-refractivity contribution is 6.53. The maximum Gasteiger partial charge on any atom is 0.283 e. The van der Waals surface area contributed by atoms with E-state index in [1.165, 1.54) is 5.56 Å². The fourth-order valence-corrected chi connectivity index (χ4v) is 3.24. The van der Waals surface area contributed by atoms with Gasteiger partial charge < -0.3 is 10.1 Å². The van der Waals surface area contributed by atoms with Gasteiger partial charge in [-0.1, -0.05) is 49.2 Å². The largest absolute Gasteiger partial charge is 0.492 e. The van der Waals surface area contributed by atoms with Gasteiger partial charge in [0.25, 0.3) is 11.8 Å². The highest BCUT2D eigenvalue weighted by atomic mass is 35.5. The van der Waals surface area contributed by atoms with Crippen molar-refractivity contribution < 1.29 is 14.3 Å². The molecule has 2 aromatic rings. The summed E-state index contributed by atoms with van der Waals surface area (Å²) in [4.78, 5) is 26.6. The van der Waals surface area contributed by atoms with Gasteiger partial charge in [-0.05, 0) is 49.6 Å². The van der Waals surface area contributed by atoms with Crippen LogP contribution in [0.15, 0.2) is 59.3 Å². The summed E-state index contributed by atoms with van der Waals surface area (Å²) in [6.07, 6.45) is 3.18. The number of hydrogen-bond donors (Lipinski definition) is 1. The summed E-state index contributed by atoms with van der Waals surface area (Å²) >= 11 is 6.21. The summed E-state index contributed by atoms with van der Waals surface area (Å²) in [5.74, 6) is -0.437. The van der Waals surface area contributed by atoms with Crippen LogP contribution in [0.1, 0.15) is 32.3 Å². The van der Waals surface area contributed by atoms with E-state index >= 15 is 0 Å². The minimum Gasteiger partial charge on any atom is -0.492 e. The third-order valence-corrected chi connectivity index (χ3v) is 4.84. The number of halogens is 1. The molecule has 0 aliphatic carbocycles. The second-order valence-electron chi connectivity index (χ2n) is 6.46. The van der Waals surface area contributed by atoms with E-state index in [0.717, 1.165) is 24.2 Å². The Morgan fingerprint density at radius 2 is 1.71 bits per heavy atom. The van der Waals surface area contributed by atoms with Crippen molar-refractivity contribution in [1.29, 1.82) is 0 Å². The first-order valence-electron chi connectivity index (χ1n) is 9.43. The van der Waals surface area contributed by atoms with Gasteiger partial charge >= 0.3 is 0 Å². The SMILES string of the molecule is CCCCc1ccc(N2C(=O)C(Cl)=C(Nc3ccccc3OCC)C2=O)cc1. The first-order chi connectivity index (χ1) is 13.6. The summed E-state index contributed by atoms with van der Waals surface area (Å²) in [7, 11) is 0. The number of benzene rings is 2. The fourth-order valence-electron chi connectivity index (χ4n) is 3.02. The van der Waals surface area contributed by atoms with Gasteiger partial charge in [0.1, 0.15) is 16.5 Å². The van der Waals surface area contributed by atoms with E-state index in [1.807, 2.05) is 31.2 Å². The molecule has 0 saturated carbocycles. The predicted molar refractivity (Wildman–Crippen MR) is 112 cm³/mol. The molecule has 2 aromatic carbocycles. The number of amides is 2. The minimum absolute atomic E-state index is 0.0499. The average Bonchev–Trinajstić information content (AvgIpc) is 2.92. The predicted octanol–water partition coefficient (Wildman–Crippen LogP) is 4.86. The summed E-state index contributed by atoms with van der Waals surface area (Å²) < 4.78 is 5.56. The number of nitrogens with one attached hydrogen (secondary N) is 1. The van der Waals surface area contributed by atoms with Crippen LogP contribution in [0.3, 0.4) is 0 Å². The monoisotopic (exact) mass is 398 g/mol. The lowest BCUT2D eigenvalue weighted by Gasteiger charge is -2.16. The van der Waals surface area contributed by atoms with Gasteiger partial charge in [0.15, 0.2) is 0 Å². The fraction of sp³-hybridized carbons (Fsp3) is 0.273. The highest BCUT2D eigenvalue weighted by Crippen LogP contribution is 2.33. The Morgan fingerprint density at radius 3 is 2.39 bits per heavy atom. The Balaban J connectivity index is 1.82. The molecule has 0 unspecified atom stereocenters. The van der Waals surface area contributed by atoms with Gasteiger partial charge in [-0.3, -0.25) is 9.59 Å². The van der Waals surface area contributed by atoms with Crippen molar-refractivity contribution in [2.75, 3.05) is 16.8 Å². The number of nitrogens with zero attached hydrogens (tertiary/aromatic N) is 1. The van der Waals surface area contributed by atoms with Crippen LogP contribution in [0.5, 0.6) is 5.75 Å². The second-order valence-corrected chi connectivity index (χ2v) is 6.84. The summed E-state index contributed by atoms with van der Waals surface area (Å²) in [6.45, 7) is 4.50. The van der Waals surface area contributed by atoms with Crippen LogP contribution >= 0.6 is 11.6 Å². The molecule has 6 heteroatoms. The Hall–Kier alpha value is -2.79. The quantitative estimate of drug-likeness (QED) is 0.645. The van der Waals surface area contributed by atoms with Crippen LogP contribution in [-0.2, 0) is 16.0 Å². The van der Waals surface area contributed by atoms with Gasteiger partial charge in [0, 0.05) is 0 Å². The zero-order valence-corrected chi connectivity index (χ0v) is 16.8. The lowest BCUT2D eigenvalue weighted by molar-refractivity contribution is -0.120. The van der Waals surface area contributed by atoms with E-state index in [1.54, 1.807) is 24.3 Å². The number of hydrogen-bond acceptors (Lipinski definition) is 4. The van der Waals surface area contributed by atoms with Crippen molar-refractivity contribution in [3.05, 3.63) is 64.8 Å². The van der Waals surface area contributed by atoms with Crippen molar-refractivity contribution >= 4 is 34.8 Å². The molecule has 0 fully saturated rings. The van der Waals surface area contributed by atoms with E-state index in [0.29, 0.717) is 23.7 Å². The molecule has 2 amide bonds. The van der Waals surface area contributed by atoms with Gasteiger partial charge in [-0.25, -0.2) is 4.90 Å². The van der Waals surface area contributed by atoms with Crippen molar-refractivity contribution in [3.63, 3.8) is 0 Å². The Kier molecular flexibility index (Phi) is 6.37. The number of carbonyl (C=O) groups is 2. The average molecular weight is 399 g/mol. The van der Waals surface area contributed by atoms with Crippen LogP contribution in [0.25, 0.3) is 0 Å². The molecule has 1 aliphatic rings. The van der Waals surface area contributed by atoms with Gasteiger partial charge in [-0.15, -0.1) is 0 Å². The van der Waals surface area contributed by atoms with E-state index in [9.17, 15) is 9.59 Å². The highest BCUT2D eigenvalue weighted by Gasteiger charge is 2.39. The number of imide groups is 1. The van der Waals surface area contributed by atoms with Gasteiger partial charge in [0.2, 0.25) is 0 Å². The molecule has 1 aliphatic heterocycles. The Morgan fingerprint density at radius 1 is 1.00 bits per heavy atom. The molecule has 5 nitrogen and oxygen atoms in total. The molecule has 28 heavy (non-hydrogen) atoms. The summed E-state index contributed by atoms with van der Waals surface area (Å²) in [5, 5.41) is 2.84. The molecule has 3 rings (SSSR count). The zero-order chi connectivity index (χ0) is 20.1. The van der Waals surface area contributed by atoms with Crippen LogP contribution in [0.2, 0.25) is 0 Å². The van der Waals surface area contributed by atoms with E-state index in [2.05, 4.69) is 12.2 Å². The lowest BCUT2D eigenvalue weighted by Crippen LogP contribution is -2.32. The van der Waals surface area contributed by atoms with Gasteiger partial charge in [-0.2, -0.15) is 0 Å². The molecular formula is C22H23ClN2O3. The van der Waals surface area contributed by atoms with Crippen molar-refractivity contribution in [2.24, 2.45) is 0 Å². The number of ether oxygens (including phenoxy) is 1. The molecule has 0 spiro atoms. The van der Waals surface area contributed by atoms with Crippen molar-refractivity contribution in [3.8, 4) is 5.75 Å². The first kappa shape index (κ1) is 20.0. The number of aryl methyl sites for hydroxylation is 1. The molecule has 1 heterocycles. The van der Waals surface area contributed by atoms with E-state index in [-0.39, 0.29) is 10.7 Å². The van der Waals surface area contributed by atoms with Crippen molar-refractivity contribution in [2.45, 2.75) is 33.1 Å². The third-order valence-electron chi connectivity index (χ3n) is 4.49. The Bertz CT molecular complexity index is 906. The maximum atomic E-state index is 12.9. The second kappa shape index (κ2) is 8.93. The topological polar surface area (TPSA) is 58.6 Å². The first-order valence-corrected chi connectivity index (χ1v) is 9.81. The molecule has 0 aromatic heterocycles. The van der Waals surface area contributed by atoms with Crippen LogP contribution in [0, 0.1) is 0 Å². The minimum atomic E-state index is -0.538. The van der Waals surface area contributed by atoms with Crippen LogP contribution < -0.4 is 15.0 Å². The summed E-state index contributed by atoms with van der Waals surface area (Å²) in [5.41, 5.74) is 2.31. The van der Waals surface area contributed by atoms with Crippen LogP contribution in [0.4, 0.5) is 11.4 Å². The number of para-hydroxylation sites is 2. The third kappa shape index (κ3) is 4.04. The summed E-state index contributed by atoms with van der Waals surface area (Å²) in [6, 6.07) is 14.6. The van der Waals surface area contributed by atoms with Crippen LogP contribution in [-0.4, -0.2) is 18.4 Å². The molecule has 0 atom stereocenters. The normalized spacial score (nSPS) is 14.0. The van der Waals surface area contributed by atoms with Crippen molar-refractivity contribution in [1.82, 2.24) is 0 Å². The standard InChI is InChI=1S/C22H23ClN2O3/c1-3-5-8-15-11-13-16(14-12-15)25-21(26)19(23)20(22(25)27)24-17-9-6-7-10-18(17)28-4-2/h6-7,9-14,24H,3-5,8H2,1-2H3. The number of unbranched alkanes of at least 4 members (excludes halogenated alkanes) is 1. The molecule has 1 N–H and O–H groups in total. The molecule has 146 valence electrons. The lowest BCUT2D eigenvalue weighted by atomic mass is 10.1. The van der Waals surface area contributed by atoms with E-state index in [4.69, 9.17) is 16.3 Å². The molecule has 0 saturated heterocycles. The Labute approximate surface area is 169 Å². The van der Waals surface area contributed by atoms with E-state index < -0.39 is 11.8 Å². The molecule has 0 bridgehead atoms. The smallest absolute Gasteiger partial charge is 0.283 e. The number of anilines is 2. The number of rotatable bonds is 8. The van der Waals surface area contributed by atoms with Gasteiger partial charge in [0.05, 0.1) is 18.0 Å². The number of carbonyl (C=O) groups excluding carboxylic acids is 2. The molecular weight excluding hydrogens is 376 g/mol. The maximum absolute atomic E-state index is 12.9. The zero-order valence-electron chi connectivity index (χ0n) is 16.0. The molecule has 0 radical (unpaired) electrons.